The second kappa shape index (κ2) is 11.7. The van der Waals surface area contributed by atoms with Gasteiger partial charge in [-0.1, -0.05) is 83.4 Å². The summed E-state index contributed by atoms with van der Waals surface area (Å²) in [6, 6.07) is 7.85. The first kappa shape index (κ1) is 23.8. The number of benzene rings is 1. The molecule has 0 radical (unpaired) electrons. The molecule has 2 saturated carbocycles. The Morgan fingerprint density at radius 2 is 1.52 bits per heavy atom. The zero-order valence-electron chi connectivity index (χ0n) is 20.7. The highest BCUT2D eigenvalue weighted by atomic mass is 31.1. The molecule has 3 unspecified atom stereocenters. The molecule has 0 nitrogen and oxygen atoms in total. The molecule has 0 N–H and O–H groups in total. The molecule has 0 spiro atoms. The molecule has 1 saturated heterocycles. The van der Waals surface area contributed by atoms with Gasteiger partial charge in [-0.25, -0.2) is 0 Å². The SMILES string of the molecule is CCCCc1ccc(C2(C3CCC(C4CCCCC4)P3)CCCCC2)c(CCCC)c1. The molecule has 2 aliphatic carbocycles. The summed E-state index contributed by atoms with van der Waals surface area (Å²) in [5, 5.41) is 0. The molecule has 4 rings (SSSR count). The molecule has 1 aromatic carbocycles. The summed E-state index contributed by atoms with van der Waals surface area (Å²) in [5.74, 6) is 1.08. The molecule has 3 aliphatic rings. The van der Waals surface area contributed by atoms with E-state index in [2.05, 4.69) is 32.0 Å². The van der Waals surface area contributed by atoms with Gasteiger partial charge >= 0.3 is 0 Å². The van der Waals surface area contributed by atoms with Crippen LogP contribution in [0.3, 0.4) is 0 Å². The lowest BCUT2D eigenvalue weighted by Crippen LogP contribution is -2.39. The minimum Gasteiger partial charge on any atom is -0.115 e. The van der Waals surface area contributed by atoms with Crippen LogP contribution in [0.5, 0.6) is 0 Å². The number of unbranched alkanes of at least 4 members (excludes halogenated alkanes) is 2. The molecule has 31 heavy (non-hydrogen) atoms. The van der Waals surface area contributed by atoms with Gasteiger partial charge in [0.05, 0.1) is 0 Å². The van der Waals surface area contributed by atoms with E-state index in [-0.39, 0.29) is 0 Å². The van der Waals surface area contributed by atoms with E-state index >= 15 is 0 Å². The van der Waals surface area contributed by atoms with E-state index in [1.807, 2.05) is 5.56 Å². The van der Waals surface area contributed by atoms with Crippen LogP contribution in [0.1, 0.15) is 133 Å². The minimum absolute atomic E-state index is 0.520. The summed E-state index contributed by atoms with van der Waals surface area (Å²) in [5.41, 5.74) is 7.77. The summed E-state index contributed by atoms with van der Waals surface area (Å²) in [7, 11) is 1.25. The third kappa shape index (κ3) is 5.60. The monoisotopic (exact) mass is 440 g/mol. The van der Waals surface area contributed by atoms with Gasteiger partial charge < -0.3 is 0 Å². The van der Waals surface area contributed by atoms with Gasteiger partial charge in [0.2, 0.25) is 0 Å². The van der Waals surface area contributed by atoms with Crippen molar-refractivity contribution in [3.05, 3.63) is 34.9 Å². The number of aryl methyl sites for hydroxylation is 2. The maximum absolute atomic E-state index is 2.66. The Labute approximate surface area is 195 Å². The van der Waals surface area contributed by atoms with Crippen LogP contribution in [0.2, 0.25) is 0 Å². The first-order chi connectivity index (χ1) is 15.3. The molecule has 1 heterocycles. The molecule has 0 amide bonds. The van der Waals surface area contributed by atoms with Crippen molar-refractivity contribution in [1.82, 2.24) is 0 Å². The summed E-state index contributed by atoms with van der Waals surface area (Å²) in [4.78, 5) is 0. The van der Waals surface area contributed by atoms with Crippen LogP contribution in [0, 0.1) is 5.92 Å². The van der Waals surface area contributed by atoms with E-state index in [1.165, 1.54) is 105 Å². The van der Waals surface area contributed by atoms with E-state index in [0.717, 1.165) is 17.2 Å². The molecule has 1 aromatic rings. The molecule has 0 aromatic heterocycles. The van der Waals surface area contributed by atoms with Gasteiger partial charge in [-0.3, -0.25) is 0 Å². The van der Waals surface area contributed by atoms with Crippen molar-refractivity contribution in [3.8, 4) is 0 Å². The quantitative estimate of drug-likeness (QED) is 0.335. The molecule has 0 bridgehead atoms. The lowest BCUT2D eigenvalue weighted by Gasteiger charge is -2.45. The van der Waals surface area contributed by atoms with E-state index < -0.39 is 0 Å². The van der Waals surface area contributed by atoms with E-state index in [0.29, 0.717) is 5.41 Å². The Morgan fingerprint density at radius 3 is 2.26 bits per heavy atom. The molecule has 1 aliphatic heterocycles. The molecule has 3 fully saturated rings. The second-order valence-electron chi connectivity index (χ2n) is 11.2. The lowest BCUT2D eigenvalue weighted by molar-refractivity contribution is 0.276. The van der Waals surface area contributed by atoms with Gasteiger partial charge in [-0.15, -0.1) is 8.58 Å². The number of hydrogen-bond acceptors (Lipinski definition) is 0. The molecule has 174 valence electrons. The van der Waals surface area contributed by atoms with Crippen LogP contribution in [0.15, 0.2) is 18.2 Å². The average molecular weight is 441 g/mol. The Kier molecular flexibility index (Phi) is 8.96. The number of hydrogen-bond donors (Lipinski definition) is 0. The number of rotatable bonds is 9. The highest BCUT2D eigenvalue weighted by molar-refractivity contribution is 7.40. The standard InChI is InChI=1S/C30H49P/c1-3-5-13-24-17-18-27(26(23-24)14-6-4-2)30(21-11-8-12-22-30)29-20-19-28(31-29)25-15-9-7-10-16-25/h17-18,23,25,28-29,31H,3-16,19-22H2,1-2H3. The minimum atomic E-state index is 0.520. The Morgan fingerprint density at radius 1 is 0.806 bits per heavy atom. The van der Waals surface area contributed by atoms with E-state index in [4.69, 9.17) is 0 Å². The maximum Gasteiger partial charge on any atom is 0.00209 e. The van der Waals surface area contributed by atoms with Crippen LogP contribution < -0.4 is 0 Å². The Balaban J connectivity index is 1.60. The van der Waals surface area contributed by atoms with Crippen LogP contribution in [0.4, 0.5) is 0 Å². The zero-order chi connectivity index (χ0) is 21.5. The van der Waals surface area contributed by atoms with Gasteiger partial charge in [0.25, 0.3) is 0 Å². The molecule has 3 atom stereocenters. The fourth-order valence-electron chi connectivity index (χ4n) is 7.35. The van der Waals surface area contributed by atoms with Gasteiger partial charge in [0.1, 0.15) is 0 Å². The summed E-state index contributed by atoms with van der Waals surface area (Å²) < 4.78 is 0. The van der Waals surface area contributed by atoms with Gasteiger partial charge in [0, 0.05) is 5.41 Å². The van der Waals surface area contributed by atoms with Crippen LogP contribution >= 0.6 is 8.58 Å². The van der Waals surface area contributed by atoms with Crippen molar-refractivity contribution in [2.45, 2.75) is 146 Å². The van der Waals surface area contributed by atoms with Crippen molar-refractivity contribution >= 4 is 8.58 Å². The van der Waals surface area contributed by atoms with Crippen molar-refractivity contribution in [2.75, 3.05) is 0 Å². The van der Waals surface area contributed by atoms with Crippen molar-refractivity contribution < 1.29 is 0 Å². The van der Waals surface area contributed by atoms with Gasteiger partial charge in [0.15, 0.2) is 0 Å². The van der Waals surface area contributed by atoms with E-state index in [1.54, 1.807) is 30.4 Å². The average Bonchev–Trinajstić information content (AvgIpc) is 3.33. The second-order valence-corrected chi connectivity index (χ2v) is 13.0. The maximum atomic E-state index is 2.66. The smallest absolute Gasteiger partial charge is 0.00209 e. The van der Waals surface area contributed by atoms with Crippen LogP contribution in [-0.4, -0.2) is 11.3 Å². The third-order valence-electron chi connectivity index (χ3n) is 9.14. The molecular weight excluding hydrogens is 391 g/mol. The summed E-state index contributed by atoms with van der Waals surface area (Å²) in [6.45, 7) is 4.69. The fourth-order valence-corrected chi connectivity index (χ4v) is 9.90. The fraction of sp³-hybridized carbons (Fsp3) is 0.800. The Bertz CT molecular complexity index is 665. The highest BCUT2D eigenvalue weighted by Crippen LogP contribution is 2.58. The third-order valence-corrected chi connectivity index (χ3v) is 11.6. The van der Waals surface area contributed by atoms with Gasteiger partial charge in [-0.05, 0) is 98.1 Å². The van der Waals surface area contributed by atoms with Crippen molar-refractivity contribution in [1.29, 1.82) is 0 Å². The van der Waals surface area contributed by atoms with Crippen LogP contribution in [-0.2, 0) is 18.3 Å². The largest absolute Gasteiger partial charge is 0.115 e. The summed E-state index contributed by atoms with van der Waals surface area (Å²) >= 11 is 0. The molecular formula is C30H49P. The summed E-state index contributed by atoms with van der Waals surface area (Å²) in [6.07, 6.45) is 26.0. The van der Waals surface area contributed by atoms with Crippen molar-refractivity contribution in [2.24, 2.45) is 5.92 Å². The Hall–Kier alpha value is -0.350. The normalized spacial score (nSPS) is 27.7. The van der Waals surface area contributed by atoms with Crippen molar-refractivity contribution in [3.63, 3.8) is 0 Å². The van der Waals surface area contributed by atoms with Crippen LogP contribution in [0.25, 0.3) is 0 Å². The predicted molar refractivity (Wildman–Crippen MR) is 140 cm³/mol. The zero-order valence-corrected chi connectivity index (χ0v) is 21.7. The highest BCUT2D eigenvalue weighted by Gasteiger charge is 2.46. The first-order valence-electron chi connectivity index (χ1n) is 14.1. The molecule has 1 heteroatoms. The van der Waals surface area contributed by atoms with E-state index in [9.17, 15) is 0 Å². The topological polar surface area (TPSA) is 0 Å². The first-order valence-corrected chi connectivity index (χ1v) is 15.3. The lowest BCUT2D eigenvalue weighted by atomic mass is 9.64. The predicted octanol–water partition coefficient (Wildman–Crippen LogP) is 9.36. The van der Waals surface area contributed by atoms with Gasteiger partial charge in [-0.2, -0.15) is 0 Å².